The second-order valence-corrected chi connectivity index (χ2v) is 6.11. The number of nitrogen functional groups attached to an aromatic ring is 1. The minimum Gasteiger partial charge on any atom is -0.459 e. The van der Waals surface area contributed by atoms with Crippen molar-refractivity contribution in [2.24, 2.45) is 5.92 Å². The van der Waals surface area contributed by atoms with Crippen LogP contribution in [0.2, 0.25) is 10.0 Å². The molecule has 0 amide bonds. The smallest absolute Gasteiger partial charge is 0.340 e. The quantitative estimate of drug-likeness (QED) is 0.649. The van der Waals surface area contributed by atoms with Gasteiger partial charge in [0.05, 0.1) is 15.6 Å². The molecular weight excluding hydrogens is 297 g/mol. The fourth-order valence-corrected chi connectivity index (χ4v) is 3.05. The van der Waals surface area contributed by atoms with Gasteiger partial charge in [-0.3, -0.25) is 0 Å². The molecule has 0 spiro atoms. The Bertz CT molecular complexity index is 497. The second-order valence-electron chi connectivity index (χ2n) is 5.32. The van der Waals surface area contributed by atoms with Crippen molar-refractivity contribution in [2.75, 3.05) is 5.73 Å². The van der Waals surface area contributed by atoms with E-state index in [1.807, 2.05) is 0 Å². The van der Waals surface area contributed by atoms with Crippen LogP contribution in [-0.2, 0) is 4.74 Å². The molecule has 2 rings (SSSR count). The Morgan fingerprint density at radius 2 is 1.95 bits per heavy atom. The second kappa shape index (κ2) is 6.68. The van der Waals surface area contributed by atoms with Gasteiger partial charge in [-0.2, -0.15) is 0 Å². The molecule has 0 aliphatic heterocycles. The zero-order valence-electron chi connectivity index (χ0n) is 11.5. The molecule has 5 heteroatoms. The number of benzene rings is 1. The lowest BCUT2D eigenvalue weighted by Crippen LogP contribution is -2.24. The van der Waals surface area contributed by atoms with Crippen molar-refractivity contribution in [1.29, 1.82) is 0 Å². The molecule has 3 nitrogen and oxygen atoms in total. The lowest BCUT2D eigenvalue weighted by molar-refractivity contribution is 0.0164. The summed E-state index contributed by atoms with van der Waals surface area (Å²) in [5.41, 5.74) is 6.33. The molecule has 0 heterocycles. The van der Waals surface area contributed by atoms with E-state index in [4.69, 9.17) is 33.7 Å². The molecule has 110 valence electrons. The topological polar surface area (TPSA) is 52.3 Å². The monoisotopic (exact) mass is 315 g/mol. The number of rotatable bonds is 3. The Hall–Kier alpha value is -0.930. The first-order valence-electron chi connectivity index (χ1n) is 6.96. The number of esters is 1. The SMILES string of the molecule is CCC1CCC(OC(=O)c2cc(N)cc(Cl)c2Cl)CC1. The van der Waals surface area contributed by atoms with Gasteiger partial charge in [0.15, 0.2) is 0 Å². The minimum atomic E-state index is -0.441. The average molecular weight is 316 g/mol. The van der Waals surface area contributed by atoms with Crippen LogP contribution in [0.3, 0.4) is 0 Å². The number of hydrogen-bond acceptors (Lipinski definition) is 3. The molecule has 0 saturated heterocycles. The molecule has 20 heavy (non-hydrogen) atoms. The molecule has 1 aromatic rings. The van der Waals surface area contributed by atoms with Crippen LogP contribution in [0.25, 0.3) is 0 Å². The maximum Gasteiger partial charge on any atom is 0.340 e. The maximum absolute atomic E-state index is 12.2. The van der Waals surface area contributed by atoms with Crippen molar-refractivity contribution in [2.45, 2.75) is 45.1 Å². The van der Waals surface area contributed by atoms with Gasteiger partial charge in [0.1, 0.15) is 6.10 Å². The van der Waals surface area contributed by atoms with Gasteiger partial charge < -0.3 is 10.5 Å². The van der Waals surface area contributed by atoms with E-state index in [-0.39, 0.29) is 21.7 Å². The first-order valence-corrected chi connectivity index (χ1v) is 7.72. The Balaban J connectivity index is 2.02. The van der Waals surface area contributed by atoms with Gasteiger partial charge >= 0.3 is 5.97 Å². The number of anilines is 1. The van der Waals surface area contributed by atoms with E-state index < -0.39 is 5.97 Å². The Labute approximate surface area is 129 Å². The van der Waals surface area contributed by atoms with E-state index in [1.165, 1.54) is 18.6 Å². The Kier molecular flexibility index (Phi) is 5.17. The predicted molar refractivity (Wildman–Crippen MR) is 82.3 cm³/mol. The molecule has 0 atom stereocenters. The van der Waals surface area contributed by atoms with E-state index in [9.17, 15) is 4.79 Å². The summed E-state index contributed by atoms with van der Waals surface area (Å²) in [6.07, 6.45) is 5.22. The first-order chi connectivity index (χ1) is 9.51. The van der Waals surface area contributed by atoms with Crippen LogP contribution < -0.4 is 5.73 Å². The van der Waals surface area contributed by atoms with E-state index in [2.05, 4.69) is 6.92 Å². The number of carbonyl (C=O) groups is 1. The summed E-state index contributed by atoms with van der Waals surface area (Å²) in [7, 11) is 0. The highest BCUT2D eigenvalue weighted by molar-refractivity contribution is 6.44. The number of nitrogens with two attached hydrogens (primary N) is 1. The molecule has 1 aromatic carbocycles. The van der Waals surface area contributed by atoms with Crippen molar-refractivity contribution in [3.63, 3.8) is 0 Å². The molecule has 0 radical (unpaired) electrons. The van der Waals surface area contributed by atoms with Gasteiger partial charge in [0, 0.05) is 5.69 Å². The largest absolute Gasteiger partial charge is 0.459 e. The molecule has 0 unspecified atom stereocenters. The third-order valence-electron chi connectivity index (χ3n) is 3.92. The highest BCUT2D eigenvalue weighted by atomic mass is 35.5. The molecular formula is C15H19Cl2NO2. The van der Waals surface area contributed by atoms with E-state index in [0.717, 1.165) is 31.6 Å². The predicted octanol–water partition coefficient (Wildman–Crippen LogP) is 4.70. The normalized spacial score (nSPS) is 22.6. The van der Waals surface area contributed by atoms with E-state index in [1.54, 1.807) is 0 Å². The fourth-order valence-electron chi connectivity index (χ4n) is 2.63. The van der Waals surface area contributed by atoms with Crippen LogP contribution in [-0.4, -0.2) is 12.1 Å². The van der Waals surface area contributed by atoms with Crippen LogP contribution >= 0.6 is 23.2 Å². The molecule has 2 N–H and O–H groups in total. The van der Waals surface area contributed by atoms with Gasteiger partial charge in [-0.1, -0.05) is 36.5 Å². The zero-order valence-corrected chi connectivity index (χ0v) is 13.0. The van der Waals surface area contributed by atoms with Crippen LogP contribution in [0.5, 0.6) is 0 Å². The summed E-state index contributed by atoms with van der Waals surface area (Å²) in [4.78, 5) is 12.2. The maximum atomic E-state index is 12.2. The van der Waals surface area contributed by atoms with Gasteiger partial charge in [-0.25, -0.2) is 4.79 Å². The van der Waals surface area contributed by atoms with Gasteiger partial charge in [0.2, 0.25) is 0 Å². The summed E-state index contributed by atoms with van der Waals surface area (Å²) >= 11 is 12.0. The first kappa shape index (κ1) is 15.5. The Morgan fingerprint density at radius 1 is 1.30 bits per heavy atom. The summed E-state index contributed by atoms with van der Waals surface area (Å²) in [5, 5.41) is 0.474. The van der Waals surface area contributed by atoms with Gasteiger partial charge in [0.25, 0.3) is 0 Å². The minimum absolute atomic E-state index is 0.0263. The van der Waals surface area contributed by atoms with Crippen LogP contribution in [0.15, 0.2) is 12.1 Å². The fraction of sp³-hybridized carbons (Fsp3) is 0.533. The Morgan fingerprint density at radius 3 is 2.55 bits per heavy atom. The molecule has 0 aromatic heterocycles. The van der Waals surface area contributed by atoms with Crippen LogP contribution in [0.1, 0.15) is 49.4 Å². The average Bonchev–Trinajstić information content (AvgIpc) is 2.43. The molecule has 1 fully saturated rings. The molecule has 1 saturated carbocycles. The number of halogens is 2. The van der Waals surface area contributed by atoms with E-state index >= 15 is 0 Å². The summed E-state index contributed by atoms with van der Waals surface area (Å²) in [5.74, 6) is 0.319. The van der Waals surface area contributed by atoms with Crippen molar-refractivity contribution in [3.05, 3.63) is 27.7 Å². The molecule has 1 aliphatic rings. The summed E-state index contributed by atoms with van der Waals surface area (Å²) in [6.45, 7) is 2.20. The van der Waals surface area contributed by atoms with Crippen LogP contribution in [0.4, 0.5) is 5.69 Å². The summed E-state index contributed by atoms with van der Waals surface area (Å²) in [6, 6.07) is 3.03. The van der Waals surface area contributed by atoms with E-state index in [0.29, 0.717) is 5.69 Å². The third-order valence-corrected chi connectivity index (χ3v) is 4.72. The third kappa shape index (κ3) is 3.58. The highest BCUT2D eigenvalue weighted by Gasteiger charge is 2.24. The number of hydrogen-bond donors (Lipinski definition) is 1. The van der Waals surface area contributed by atoms with Crippen LogP contribution in [0, 0.1) is 5.92 Å². The lowest BCUT2D eigenvalue weighted by atomic mass is 9.86. The van der Waals surface area contributed by atoms with Gasteiger partial charge in [-0.15, -0.1) is 0 Å². The highest BCUT2D eigenvalue weighted by Crippen LogP contribution is 2.32. The van der Waals surface area contributed by atoms with Gasteiger partial charge in [-0.05, 0) is 43.7 Å². The molecule has 1 aliphatic carbocycles. The summed E-state index contributed by atoms with van der Waals surface area (Å²) < 4.78 is 5.52. The number of ether oxygens (including phenoxy) is 1. The standard InChI is InChI=1S/C15H19Cl2NO2/c1-2-9-3-5-11(6-4-9)20-15(19)12-7-10(18)8-13(16)14(12)17/h7-9,11H,2-6,18H2,1H3. The van der Waals surface area contributed by atoms with Crippen molar-refractivity contribution in [1.82, 2.24) is 0 Å². The molecule has 0 bridgehead atoms. The lowest BCUT2D eigenvalue weighted by Gasteiger charge is -2.27. The number of carbonyl (C=O) groups excluding carboxylic acids is 1. The zero-order chi connectivity index (χ0) is 14.7. The van der Waals surface area contributed by atoms with Crippen molar-refractivity contribution in [3.8, 4) is 0 Å². The van der Waals surface area contributed by atoms with Crippen molar-refractivity contribution < 1.29 is 9.53 Å². The van der Waals surface area contributed by atoms with Crippen molar-refractivity contribution >= 4 is 34.9 Å².